The molecule has 7 heteroatoms. The van der Waals surface area contributed by atoms with Crippen LogP contribution < -0.4 is 10.6 Å². The summed E-state index contributed by atoms with van der Waals surface area (Å²) in [6, 6.07) is 10.9. The third-order valence-corrected chi connectivity index (χ3v) is 7.19. The van der Waals surface area contributed by atoms with Crippen LogP contribution in [0, 0.1) is 11.6 Å². The molecule has 0 spiro atoms. The minimum atomic E-state index is -1.28. The largest absolute Gasteiger partial charge is 0.390 e. The molecule has 1 amide bonds. The average molecular weight is 503 g/mol. The van der Waals surface area contributed by atoms with Crippen molar-refractivity contribution in [2.24, 2.45) is 0 Å². The molecule has 1 saturated carbocycles. The van der Waals surface area contributed by atoms with Gasteiger partial charge in [-0.25, -0.2) is 8.78 Å². The highest BCUT2D eigenvalue weighted by Gasteiger charge is 2.35. The van der Waals surface area contributed by atoms with Gasteiger partial charge in [0, 0.05) is 18.2 Å². The molecule has 1 aliphatic rings. The Hall–Kier alpha value is -2.35. The summed E-state index contributed by atoms with van der Waals surface area (Å²) in [7, 11) is 0. The van der Waals surface area contributed by atoms with Crippen LogP contribution in [0.3, 0.4) is 0 Å². The molecule has 0 aromatic heterocycles. The summed E-state index contributed by atoms with van der Waals surface area (Å²) in [5.41, 5.74) is 2.42. The van der Waals surface area contributed by atoms with Crippen LogP contribution >= 0.6 is 0 Å². The molecule has 1 fully saturated rings. The van der Waals surface area contributed by atoms with Crippen LogP contribution in [-0.2, 0) is 22.2 Å². The van der Waals surface area contributed by atoms with Crippen LogP contribution in [0.15, 0.2) is 42.5 Å². The quantitative estimate of drug-likeness (QED) is 0.408. The van der Waals surface area contributed by atoms with E-state index in [0.29, 0.717) is 5.56 Å². The zero-order valence-corrected chi connectivity index (χ0v) is 21.8. The van der Waals surface area contributed by atoms with Crippen molar-refractivity contribution in [2.75, 3.05) is 6.54 Å². The van der Waals surface area contributed by atoms with Gasteiger partial charge in [0.05, 0.1) is 12.1 Å². The number of hydrogen-bond donors (Lipinski definition) is 4. The molecule has 36 heavy (non-hydrogen) atoms. The van der Waals surface area contributed by atoms with Crippen LogP contribution in [0.4, 0.5) is 8.78 Å². The van der Waals surface area contributed by atoms with E-state index in [2.05, 4.69) is 55.7 Å². The zero-order valence-electron chi connectivity index (χ0n) is 21.8. The Balaban J connectivity index is 1.83. The molecular weight excluding hydrogens is 462 g/mol. The second kappa shape index (κ2) is 11.8. The van der Waals surface area contributed by atoms with Crippen LogP contribution in [0.5, 0.6) is 0 Å². The predicted octanol–water partition coefficient (Wildman–Crippen LogP) is 4.48. The van der Waals surface area contributed by atoms with Gasteiger partial charge in [0.15, 0.2) is 0 Å². The lowest BCUT2D eigenvalue weighted by Gasteiger charge is -2.41. The van der Waals surface area contributed by atoms with Crippen molar-refractivity contribution in [1.82, 2.24) is 10.6 Å². The third-order valence-electron chi connectivity index (χ3n) is 7.19. The molecule has 198 valence electrons. The van der Waals surface area contributed by atoms with E-state index in [9.17, 15) is 23.8 Å². The lowest BCUT2D eigenvalue weighted by Crippen LogP contribution is -2.54. The van der Waals surface area contributed by atoms with Gasteiger partial charge in [0.1, 0.15) is 17.7 Å². The maximum Gasteiger partial charge on any atom is 0.248 e. The molecule has 0 heterocycles. The van der Waals surface area contributed by atoms with Gasteiger partial charge in [-0.2, -0.15) is 0 Å². The summed E-state index contributed by atoms with van der Waals surface area (Å²) in [5, 5.41) is 27.1. The molecule has 5 nitrogen and oxygen atoms in total. The molecule has 2 aromatic rings. The van der Waals surface area contributed by atoms with Crippen LogP contribution in [-0.4, -0.2) is 40.9 Å². The van der Waals surface area contributed by atoms with Crippen LogP contribution in [0.2, 0.25) is 0 Å². The van der Waals surface area contributed by atoms with Gasteiger partial charge in [-0.15, -0.1) is 0 Å². The standard InChI is InChI=1S/C29H40F2N2O3/c1-19(34)27(36)33-25(15-20-13-23(30)17-24(31)14-20)26(35)18-32-29(11-6-5-7-12-29)22-10-8-9-21(16-22)28(2,3)4/h8-10,13-14,16-17,19,25-26,32,34-35H,5-7,11-12,15,18H2,1-4H3,(H,33,36). The molecule has 1 aliphatic carbocycles. The second-order valence-electron chi connectivity index (χ2n) is 11.2. The Bertz CT molecular complexity index is 1010. The van der Waals surface area contributed by atoms with Crippen molar-refractivity contribution in [3.8, 4) is 0 Å². The van der Waals surface area contributed by atoms with E-state index in [0.717, 1.165) is 38.2 Å². The highest BCUT2D eigenvalue weighted by atomic mass is 19.1. The second-order valence-corrected chi connectivity index (χ2v) is 11.2. The number of aliphatic hydroxyl groups is 2. The van der Waals surface area contributed by atoms with Gasteiger partial charge >= 0.3 is 0 Å². The van der Waals surface area contributed by atoms with Gasteiger partial charge in [-0.1, -0.05) is 64.3 Å². The van der Waals surface area contributed by atoms with E-state index in [4.69, 9.17) is 0 Å². The van der Waals surface area contributed by atoms with E-state index < -0.39 is 35.8 Å². The number of aliphatic hydroxyl groups excluding tert-OH is 2. The first kappa shape index (κ1) is 28.2. The number of carbonyl (C=O) groups excluding carboxylic acids is 1. The van der Waals surface area contributed by atoms with E-state index >= 15 is 0 Å². The summed E-state index contributed by atoms with van der Waals surface area (Å²) in [6.45, 7) is 8.05. The van der Waals surface area contributed by atoms with Crippen molar-refractivity contribution in [3.63, 3.8) is 0 Å². The predicted molar refractivity (Wildman–Crippen MR) is 138 cm³/mol. The summed E-state index contributed by atoms with van der Waals surface area (Å²) < 4.78 is 27.5. The molecule has 0 radical (unpaired) electrons. The Morgan fingerprint density at radius 3 is 2.25 bits per heavy atom. The normalized spacial score (nSPS) is 18.3. The van der Waals surface area contributed by atoms with Crippen molar-refractivity contribution < 1.29 is 23.8 Å². The average Bonchev–Trinajstić information content (AvgIpc) is 2.81. The smallest absolute Gasteiger partial charge is 0.248 e. The first-order chi connectivity index (χ1) is 16.9. The summed E-state index contributed by atoms with van der Waals surface area (Å²) in [5.74, 6) is -2.10. The van der Waals surface area contributed by atoms with Crippen LogP contribution in [0.25, 0.3) is 0 Å². The number of amides is 1. The maximum absolute atomic E-state index is 13.8. The molecule has 0 bridgehead atoms. The molecule has 3 unspecified atom stereocenters. The van der Waals surface area contributed by atoms with Crippen molar-refractivity contribution >= 4 is 5.91 Å². The first-order valence-corrected chi connectivity index (χ1v) is 12.9. The van der Waals surface area contributed by atoms with Gasteiger partial charge in [0.25, 0.3) is 0 Å². The van der Waals surface area contributed by atoms with Crippen molar-refractivity contribution in [2.45, 2.75) is 95.4 Å². The lowest BCUT2D eigenvalue weighted by molar-refractivity contribution is -0.130. The van der Waals surface area contributed by atoms with Crippen molar-refractivity contribution in [3.05, 3.63) is 70.8 Å². The van der Waals surface area contributed by atoms with Crippen LogP contribution in [0.1, 0.15) is 76.5 Å². The molecule has 0 saturated heterocycles. The maximum atomic E-state index is 13.8. The molecule has 3 rings (SSSR count). The van der Waals surface area contributed by atoms with Crippen molar-refractivity contribution in [1.29, 1.82) is 0 Å². The first-order valence-electron chi connectivity index (χ1n) is 12.9. The topological polar surface area (TPSA) is 81.6 Å². The molecule has 3 atom stereocenters. The van der Waals surface area contributed by atoms with E-state index in [-0.39, 0.29) is 23.9 Å². The molecule has 0 aliphatic heterocycles. The van der Waals surface area contributed by atoms with E-state index in [1.807, 2.05) is 0 Å². The third kappa shape index (κ3) is 7.34. The zero-order chi connectivity index (χ0) is 26.5. The molecule has 4 N–H and O–H groups in total. The molecule has 2 aromatic carbocycles. The van der Waals surface area contributed by atoms with Gasteiger partial charge < -0.3 is 20.8 Å². The fourth-order valence-corrected chi connectivity index (χ4v) is 5.02. The lowest BCUT2D eigenvalue weighted by atomic mass is 9.74. The summed E-state index contributed by atoms with van der Waals surface area (Å²) in [6.07, 6.45) is 2.82. The summed E-state index contributed by atoms with van der Waals surface area (Å²) in [4.78, 5) is 12.3. The summed E-state index contributed by atoms with van der Waals surface area (Å²) >= 11 is 0. The van der Waals surface area contributed by atoms with E-state index in [1.54, 1.807) is 0 Å². The van der Waals surface area contributed by atoms with Gasteiger partial charge in [-0.05, 0) is 60.4 Å². The SMILES string of the molecule is CC(O)C(=O)NC(Cc1cc(F)cc(F)c1)C(O)CNC1(c2cccc(C(C)(C)C)c2)CCCCC1. The number of nitrogens with one attached hydrogen (secondary N) is 2. The van der Waals surface area contributed by atoms with E-state index in [1.165, 1.54) is 30.2 Å². The molecular formula is C29H40F2N2O3. The number of benzene rings is 2. The highest BCUT2D eigenvalue weighted by Crippen LogP contribution is 2.38. The number of carbonyl (C=O) groups is 1. The number of hydrogen-bond acceptors (Lipinski definition) is 4. The minimum Gasteiger partial charge on any atom is -0.390 e. The Morgan fingerprint density at radius 1 is 1.03 bits per heavy atom. The highest BCUT2D eigenvalue weighted by molar-refractivity contribution is 5.80. The fraction of sp³-hybridized carbons (Fsp3) is 0.552. The monoisotopic (exact) mass is 502 g/mol. The van der Waals surface area contributed by atoms with Gasteiger partial charge in [-0.3, -0.25) is 4.79 Å². The number of rotatable bonds is 9. The fourth-order valence-electron chi connectivity index (χ4n) is 5.02. The minimum absolute atomic E-state index is 0.00196. The Morgan fingerprint density at radius 2 is 1.67 bits per heavy atom. The number of halogens is 2. The Labute approximate surface area is 213 Å². The van der Waals surface area contributed by atoms with Gasteiger partial charge in [0.2, 0.25) is 5.91 Å². The Kier molecular flexibility index (Phi) is 9.25.